The minimum Gasteiger partial charge on any atom is -0.483 e. The van der Waals surface area contributed by atoms with E-state index in [-0.39, 0.29) is 30.5 Å². The molecule has 1 fully saturated rings. The molecule has 8 heteroatoms. The van der Waals surface area contributed by atoms with Crippen LogP contribution in [0.25, 0.3) is 0 Å². The van der Waals surface area contributed by atoms with Crippen molar-refractivity contribution in [2.45, 2.75) is 18.7 Å². The summed E-state index contributed by atoms with van der Waals surface area (Å²) >= 11 is 3.30. The lowest BCUT2D eigenvalue weighted by Crippen LogP contribution is -2.51. The predicted molar refractivity (Wildman–Crippen MR) is 111 cm³/mol. The molecule has 3 rings (SSSR count). The van der Waals surface area contributed by atoms with Crippen LogP contribution in [0.3, 0.4) is 0 Å². The molecule has 0 aliphatic carbocycles. The van der Waals surface area contributed by atoms with Gasteiger partial charge in [0.2, 0.25) is 10.0 Å². The normalized spacial score (nSPS) is 15.5. The Morgan fingerprint density at radius 1 is 1.07 bits per heavy atom. The fourth-order valence-electron chi connectivity index (χ4n) is 3.06. The van der Waals surface area contributed by atoms with Gasteiger partial charge >= 0.3 is 0 Å². The van der Waals surface area contributed by atoms with Gasteiger partial charge in [0.25, 0.3) is 5.91 Å². The molecule has 0 spiro atoms. The topological polar surface area (TPSA) is 66.9 Å². The SMILES string of the molecule is Cc1ccc(C)c(OCC(=O)N2CCN(S(=O)(=O)c3ccccc3Br)CC2)c1. The highest BCUT2D eigenvalue weighted by atomic mass is 79.9. The molecule has 150 valence electrons. The van der Waals surface area contributed by atoms with Gasteiger partial charge in [-0.1, -0.05) is 24.3 Å². The average molecular weight is 467 g/mol. The van der Waals surface area contributed by atoms with Gasteiger partial charge in [0.15, 0.2) is 6.61 Å². The van der Waals surface area contributed by atoms with E-state index in [4.69, 9.17) is 4.74 Å². The molecule has 1 amide bonds. The number of ether oxygens (including phenoxy) is 1. The lowest BCUT2D eigenvalue weighted by atomic mass is 10.1. The Bertz CT molecular complexity index is 970. The molecule has 2 aromatic rings. The quantitative estimate of drug-likeness (QED) is 0.679. The fourth-order valence-corrected chi connectivity index (χ4v) is 5.45. The maximum absolute atomic E-state index is 12.8. The lowest BCUT2D eigenvalue weighted by Gasteiger charge is -2.34. The van der Waals surface area contributed by atoms with E-state index in [1.54, 1.807) is 29.2 Å². The summed E-state index contributed by atoms with van der Waals surface area (Å²) in [6.45, 7) is 5.07. The van der Waals surface area contributed by atoms with Gasteiger partial charge in [-0.25, -0.2) is 8.42 Å². The minimum atomic E-state index is -3.59. The molecule has 6 nitrogen and oxygen atoms in total. The van der Waals surface area contributed by atoms with Crippen molar-refractivity contribution < 1.29 is 17.9 Å². The highest BCUT2D eigenvalue weighted by molar-refractivity contribution is 9.10. The number of amides is 1. The number of carbonyl (C=O) groups excluding carboxylic acids is 1. The molecule has 0 unspecified atom stereocenters. The van der Waals surface area contributed by atoms with E-state index < -0.39 is 10.0 Å². The maximum atomic E-state index is 12.8. The van der Waals surface area contributed by atoms with Gasteiger partial charge < -0.3 is 9.64 Å². The van der Waals surface area contributed by atoms with Crippen LogP contribution < -0.4 is 4.74 Å². The lowest BCUT2D eigenvalue weighted by molar-refractivity contribution is -0.134. The smallest absolute Gasteiger partial charge is 0.260 e. The monoisotopic (exact) mass is 466 g/mol. The number of carbonyl (C=O) groups is 1. The number of piperazine rings is 1. The standard InChI is InChI=1S/C20H23BrN2O4S/c1-15-7-8-16(2)18(13-15)27-14-20(24)22-9-11-23(12-10-22)28(25,26)19-6-4-3-5-17(19)21/h3-8,13H,9-12,14H2,1-2H3. The molecule has 1 aliphatic rings. The second-order valence-corrected chi connectivity index (χ2v) is 9.53. The Morgan fingerprint density at radius 3 is 2.43 bits per heavy atom. The van der Waals surface area contributed by atoms with Gasteiger partial charge in [0.05, 0.1) is 4.90 Å². The van der Waals surface area contributed by atoms with E-state index in [0.717, 1.165) is 11.1 Å². The number of hydrogen-bond donors (Lipinski definition) is 0. The van der Waals surface area contributed by atoms with Crippen LogP contribution in [0.5, 0.6) is 5.75 Å². The summed E-state index contributed by atoms with van der Waals surface area (Å²) in [6.07, 6.45) is 0. The minimum absolute atomic E-state index is 0.0543. The Kier molecular flexibility index (Phi) is 6.42. The van der Waals surface area contributed by atoms with E-state index in [0.29, 0.717) is 23.3 Å². The third kappa shape index (κ3) is 4.56. The number of nitrogens with zero attached hydrogens (tertiary/aromatic N) is 2. The Labute approximate surface area is 174 Å². The summed E-state index contributed by atoms with van der Waals surface area (Å²) in [5, 5.41) is 0. The van der Waals surface area contributed by atoms with Crippen LogP contribution in [-0.4, -0.2) is 56.3 Å². The van der Waals surface area contributed by atoms with Crippen LogP contribution in [0, 0.1) is 13.8 Å². The fraction of sp³-hybridized carbons (Fsp3) is 0.350. The molecule has 0 atom stereocenters. The van der Waals surface area contributed by atoms with E-state index in [1.165, 1.54) is 4.31 Å². The summed E-state index contributed by atoms with van der Waals surface area (Å²) in [5.74, 6) is 0.558. The second-order valence-electron chi connectivity index (χ2n) is 6.77. The molecule has 2 aromatic carbocycles. The Morgan fingerprint density at radius 2 is 1.75 bits per heavy atom. The van der Waals surface area contributed by atoms with E-state index in [9.17, 15) is 13.2 Å². The van der Waals surface area contributed by atoms with Gasteiger partial charge in [-0.15, -0.1) is 0 Å². The first-order valence-electron chi connectivity index (χ1n) is 9.01. The molecule has 0 N–H and O–H groups in total. The van der Waals surface area contributed by atoms with Crippen molar-refractivity contribution in [1.29, 1.82) is 0 Å². The van der Waals surface area contributed by atoms with Crippen molar-refractivity contribution >= 4 is 31.9 Å². The molecule has 0 saturated carbocycles. The third-order valence-corrected chi connectivity index (χ3v) is 7.65. The van der Waals surface area contributed by atoms with Crippen molar-refractivity contribution in [2.75, 3.05) is 32.8 Å². The molecule has 0 bridgehead atoms. The van der Waals surface area contributed by atoms with Gasteiger partial charge in [-0.3, -0.25) is 4.79 Å². The molecule has 1 aliphatic heterocycles. The Hall–Kier alpha value is -1.90. The number of benzene rings is 2. The summed E-state index contributed by atoms with van der Waals surface area (Å²) in [4.78, 5) is 14.4. The van der Waals surface area contributed by atoms with Crippen molar-refractivity contribution in [3.8, 4) is 5.75 Å². The van der Waals surface area contributed by atoms with Crippen molar-refractivity contribution in [3.63, 3.8) is 0 Å². The maximum Gasteiger partial charge on any atom is 0.260 e. The highest BCUT2D eigenvalue weighted by Gasteiger charge is 2.31. The molecular formula is C20H23BrN2O4S. The highest BCUT2D eigenvalue weighted by Crippen LogP contribution is 2.25. The van der Waals surface area contributed by atoms with Gasteiger partial charge in [-0.05, 0) is 59.1 Å². The molecule has 1 heterocycles. The number of rotatable bonds is 5. The Balaban J connectivity index is 1.58. The number of hydrogen-bond acceptors (Lipinski definition) is 4. The van der Waals surface area contributed by atoms with Crippen LogP contribution >= 0.6 is 15.9 Å². The first-order chi connectivity index (χ1) is 13.3. The molecular weight excluding hydrogens is 444 g/mol. The van der Waals surface area contributed by atoms with E-state index >= 15 is 0 Å². The van der Waals surface area contributed by atoms with Crippen molar-refractivity contribution in [1.82, 2.24) is 9.21 Å². The predicted octanol–water partition coefficient (Wildman–Crippen LogP) is 2.98. The van der Waals surface area contributed by atoms with Gasteiger partial charge in [0.1, 0.15) is 5.75 Å². The zero-order valence-electron chi connectivity index (χ0n) is 15.9. The zero-order chi connectivity index (χ0) is 20.3. The summed E-state index contributed by atoms with van der Waals surface area (Å²) in [5.41, 5.74) is 2.04. The largest absolute Gasteiger partial charge is 0.483 e. The molecule has 28 heavy (non-hydrogen) atoms. The van der Waals surface area contributed by atoms with Crippen LogP contribution in [-0.2, 0) is 14.8 Å². The molecule has 1 saturated heterocycles. The third-order valence-electron chi connectivity index (χ3n) is 4.74. The number of sulfonamides is 1. The molecule has 0 aromatic heterocycles. The van der Waals surface area contributed by atoms with Crippen molar-refractivity contribution in [2.24, 2.45) is 0 Å². The van der Waals surface area contributed by atoms with Crippen LogP contribution in [0.1, 0.15) is 11.1 Å². The van der Waals surface area contributed by atoms with Crippen LogP contribution in [0.2, 0.25) is 0 Å². The first-order valence-corrected chi connectivity index (χ1v) is 11.2. The van der Waals surface area contributed by atoms with Gasteiger partial charge in [-0.2, -0.15) is 4.31 Å². The van der Waals surface area contributed by atoms with E-state index in [1.807, 2.05) is 32.0 Å². The average Bonchev–Trinajstić information content (AvgIpc) is 2.68. The molecule has 0 radical (unpaired) electrons. The van der Waals surface area contributed by atoms with Crippen molar-refractivity contribution in [3.05, 3.63) is 58.1 Å². The summed E-state index contributed by atoms with van der Waals surface area (Å²) in [6, 6.07) is 12.6. The second kappa shape index (κ2) is 8.63. The van der Waals surface area contributed by atoms with Crippen LogP contribution in [0.4, 0.5) is 0 Å². The zero-order valence-corrected chi connectivity index (χ0v) is 18.3. The summed E-state index contributed by atoms with van der Waals surface area (Å²) in [7, 11) is -3.59. The number of aryl methyl sites for hydroxylation is 2. The summed E-state index contributed by atoms with van der Waals surface area (Å²) < 4.78 is 33.3. The first kappa shape index (κ1) is 20.8. The van der Waals surface area contributed by atoms with Crippen LogP contribution in [0.15, 0.2) is 51.8 Å². The van der Waals surface area contributed by atoms with Gasteiger partial charge in [0, 0.05) is 30.7 Å². The van der Waals surface area contributed by atoms with E-state index in [2.05, 4.69) is 15.9 Å². The number of halogens is 1.